The third kappa shape index (κ3) is 7.92. The van der Waals surface area contributed by atoms with E-state index in [4.69, 9.17) is 47.0 Å². The van der Waals surface area contributed by atoms with Gasteiger partial charge < -0.3 is 21.1 Å². The number of nitrogens with one attached hydrogen (secondary N) is 3. The maximum atomic E-state index is 11.9. The van der Waals surface area contributed by atoms with Crippen LogP contribution in [0.25, 0.3) is 0 Å². The van der Waals surface area contributed by atoms with E-state index >= 15 is 0 Å². The molecule has 1 aromatic rings. The van der Waals surface area contributed by atoms with Gasteiger partial charge in [-0.25, -0.2) is 0 Å². The van der Waals surface area contributed by atoms with E-state index in [-0.39, 0.29) is 22.7 Å². The molecule has 23 heavy (non-hydrogen) atoms. The molecule has 0 aliphatic carbocycles. The second kappa shape index (κ2) is 8.78. The smallest absolute Gasteiger partial charge is 0.228 e. The molecular formula is C14H18Cl3N3O2S. The first kappa shape index (κ1) is 20.1. The van der Waals surface area contributed by atoms with Gasteiger partial charge in [0, 0.05) is 12.1 Å². The molecule has 1 aromatic carbocycles. The molecule has 0 heterocycles. The van der Waals surface area contributed by atoms with Crippen molar-refractivity contribution in [3.63, 3.8) is 0 Å². The Balaban J connectivity index is 2.67. The Kier molecular flexibility index (Phi) is 7.67. The standard InChI is InChI=1S/C14H18Cl3N3O2S/c1-8(2)7-11(22)19-12(14(15,16)17)20-13(23)18-9-3-5-10(21)6-4-9/h3-6,8,12,21H,7H2,1-2H3,(H,19,22)(H2,18,20,23)/t12-/m1/s1. The highest BCUT2D eigenvalue weighted by Crippen LogP contribution is 2.29. The summed E-state index contributed by atoms with van der Waals surface area (Å²) in [5, 5.41) is 17.6. The molecule has 0 aromatic heterocycles. The monoisotopic (exact) mass is 397 g/mol. The van der Waals surface area contributed by atoms with E-state index in [0.29, 0.717) is 12.1 Å². The number of anilines is 1. The van der Waals surface area contributed by atoms with Gasteiger partial charge in [-0.1, -0.05) is 48.7 Å². The lowest BCUT2D eigenvalue weighted by Gasteiger charge is -2.28. The summed E-state index contributed by atoms with van der Waals surface area (Å²) in [5.41, 5.74) is 0.636. The van der Waals surface area contributed by atoms with Gasteiger partial charge in [0.05, 0.1) is 0 Å². The van der Waals surface area contributed by atoms with Crippen LogP contribution in [-0.4, -0.2) is 26.1 Å². The highest BCUT2D eigenvalue weighted by atomic mass is 35.6. The van der Waals surface area contributed by atoms with Crippen molar-refractivity contribution in [3.05, 3.63) is 24.3 Å². The molecule has 0 fully saturated rings. The van der Waals surface area contributed by atoms with Gasteiger partial charge in [-0.2, -0.15) is 0 Å². The molecule has 9 heteroatoms. The second-order valence-corrected chi connectivity index (χ2v) is 8.06. The van der Waals surface area contributed by atoms with Crippen LogP contribution in [0.3, 0.4) is 0 Å². The number of rotatable bonds is 5. The zero-order chi connectivity index (χ0) is 17.6. The van der Waals surface area contributed by atoms with E-state index in [1.165, 1.54) is 12.1 Å². The Bertz CT molecular complexity index is 547. The zero-order valence-corrected chi connectivity index (χ0v) is 15.7. The summed E-state index contributed by atoms with van der Waals surface area (Å²) in [6.45, 7) is 3.82. The molecule has 0 bridgehead atoms. The molecule has 1 rings (SSSR count). The quantitative estimate of drug-likeness (QED) is 0.264. The highest BCUT2D eigenvalue weighted by molar-refractivity contribution is 7.80. The number of thiocarbonyl (C=S) groups is 1. The lowest BCUT2D eigenvalue weighted by Crippen LogP contribution is -2.56. The number of alkyl halides is 3. The Hall–Kier alpha value is -0.950. The number of benzene rings is 1. The lowest BCUT2D eigenvalue weighted by atomic mass is 10.1. The van der Waals surface area contributed by atoms with Crippen molar-refractivity contribution in [2.24, 2.45) is 5.92 Å². The van der Waals surface area contributed by atoms with Crippen molar-refractivity contribution in [2.45, 2.75) is 30.2 Å². The molecule has 0 aliphatic rings. The van der Waals surface area contributed by atoms with E-state index in [2.05, 4.69) is 16.0 Å². The van der Waals surface area contributed by atoms with Crippen LogP contribution in [0.4, 0.5) is 5.69 Å². The Labute approximate surface area is 155 Å². The van der Waals surface area contributed by atoms with Crippen molar-refractivity contribution in [3.8, 4) is 5.75 Å². The lowest BCUT2D eigenvalue weighted by molar-refractivity contribution is -0.122. The Morgan fingerprint density at radius 3 is 2.26 bits per heavy atom. The topological polar surface area (TPSA) is 73.4 Å². The Morgan fingerprint density at radius 1 is 1.22 bits per heavy atom. The number of hydrogen-bond donors (Lipinski definition) is 4. The zero-order valence-electron chi connectivity index (χ0n) is 12.6. The molecular weight excluding hydrogens is 381 g/mol. The molecule has 0 saturated heterocycles. The number of hydrogen-bond acceptors (Lipinski definition) is 3. The molecule has 1 amide bonds. The van der Waals surface area contributed by atoms with E-state index in [9.17, 15) is 9.90 Å². The molecule has 5 nitrogen and oxygen atoms in total. The molecule has 4 N–H and O–H groups in total. The predicted octanol–water partition coefficient (Wildman–Crippen LogP) is 3.54. The molecule has 1 atom stereocenters. The first-order chi connectivity index (χ1) is 10.6. The molecule has 0 unspecified atom stereocenters. The van der Waals surface area contributed by atoms with Gasteiger partial charge in [-0.3, -0.25) is 4.79 Å². The summed E-state index contributed by atoms with van der Waals surface area (Å²) in [6.07, 6.45) is -0.687. The summed E-state index contributed by atoms with van der Waals surface area (Å²) in [7, 11) is 0. The molecule has 0 spiro atoms. The van der Waals surface area contributed by atoms with Gasteiger partial charge >= 0.3 is 0 Å². The average Bonchev–Trinajstić information content (AvgIpc) is 2.38. The third-order valence-electron chi connectivity index (χ3n) is 2.63. The molecule has 128 valence electrons. The average molecular weight is 399 g/mol. The number of aromatic hydroxyl groups is 1. The SMILES string of the molecule is CC(C)CC(=O)N[C@H](NC(=S)Nc1ccc(O)cc1)C(Cl)(Cl)Cl. The minimum absolute atomic E-state index is 0.134. The highest BCUT2D eigenvalue weighted by Gasteiger charge is 2.34. The fourth-order valence-corrected chi connectivity index (χ4v) is 2.20. The van der Waals surface area contributed by atoms with Crippen LogP contribution >= 0.6 is 47.0 Å². The van der Waals surface area contributed by atoms with Crippen LogP contribution in [0.5, 0.6) is 5.75 Å². The minimum atomic E-state index is -1.78. The maximum absolute atomic E-state index is 11.9. The fraction of sp³-hybridized carbons (Fsp3) is 0.429. The van der Waals surface area contributed by atoms with Crippen molar-refractivity contribution < 1.29 is 9.90 Å². The number of carbonyl (C=O) groups excluding carboxylic acids is 1. The first-order valence-corrected chi connectivity index (χ1v) is 8.34. The van der Waals surface area contributed by atoms with Crippen LogP contribution in [0.2, 0.25) is 0 Å². The number of phenols is 1. The van der Waals surface area contributed by atoms with Gasteiger partial charge in [-0.15, -0.1) is 0 Å². The summed E-state index contributed by atoms with van der Waals surface area (Å²) in [4.78, 5) is 11.9. The van der Waals surface area contributed by atoms with Gasteiger partial charge in [0.15, 0.2) is 5.11 Å². The summed E-state index contributed by atoms with van der Waals surface area (Å²) in [5.74, 6) is 0.0545. The number of carbonyl (C=O) groups is 1. The van der Waals surface area contributed by atoms with E-state index in [1.54, 1.807) is 12.1 Å². The van der Waals surface area contributed by atoms with Crippen LogP contribution < -0.4 is 16.0 Å². The number of halogens is 3. The molecule has 0 aliphatic heterocycles. The fourth-order valence-electron chi connectivity index (χ4n) is 1.63. The van der Waals surface area contributed by atoms with E-state index in [0.717, 1.165) is 0 Å². The second-order valence-electron chi connectivity index (χ2n) is 5.29. The largest absolute Gasteiger partial charge is 0.508 e. The minimum Gasteiger partial charge on any atom is -0.508 e. The van der Waals surface area contributed by atoms with Crippen LogP contribution in [0, 0.1) is 5.92 Å². The number of phenolic OH excluding ortho intramolecular Hbond substituents is 1. The Morgan fingerprint density at radius 2 is 1.78 bits per heavy atom. The van der Waals surface area contributed by atoms with Crippen LogP contribution in [0.15, 0.2) is 24.3 Å². The molecule has 0 radical (unpaired) electrons. The van der Waals surface area contributed by atoms with Gasteiger partial charge in [0.1, 0.15) is 11.9 Å². The normalized spacial score (nSPS) is 12.6. The van der Waals surface area contributed by atoms with Crippen molar-refractivity contribution in [1.82, 2.24) is 10.6 Å². The summed E-state index contributed by atoms with van der Waals surface area (Å²) in [6, 6.07) is 6.26. The van der Waals surface area contributed by atoms with Crippen molar-refractivity contribution in [2.75, 3.05) is 5.32 Å². The predicted molar refractivity (Wildman–Crippen MR) is 99.1 cm³/mol. The summed E-state index contributed by atoms with van der Waals surface area (Å²) >= 11 is 22.8. The van der Waals surface area contributed by atoms with Gasteiger partial charge in [-0.05, 0) is 42.4 Å². The number of amides is 1. The van der Waals surface area contributed by atoms with Crippen LogP contribution in [0.1, 0.15) is 20.3 Å². The summed E-state index contributed by atoms with van der Waals surface area (Å²) < 4.78 is -1.78. The van der Waals surface area contributed by atoms with Gasteiger partial charge in [0.2, 0.25) is 9.70 Å². The van der Waals surface area contributed by atoms with E-state index < -0.39 is 9.96 Å². The van der Waals surface area contributed by atoms with Crippen molar-refractivity contribution >= 4 is 63.7 Å². The van der Waals surface area contributed by atoms with Gasteiger partial charge in [0.25, 0.3) is 0 Å². The van der Waals surface area contributed by atoms with Crippen LogP contribution in [-0.2, 0) is 4.79 Å². The van der Waals surface area contributed by atoms with E-state index in [1.807, 2.05) is 13.8 Å². The van der Waals surface area contributed by atoms with Crippen molar-refractivity contribution in [1.29, 1.82) is 0 Å². The first-order valence-electron chi connectivity index (χ1n) is 6.80. The third-order valence-corrected chi connectivity index (χ3v) is 3.50. The maximum Gasteiger partial charge on any atom is 0.228 e. The molecule has 0 saturated carbocycles.